The van der Waals surface area contributed by atoms with Crippen LogP contribution in [-0.4, -0.2) is 28.9 Å². The summed E-state index contributed by atoms with van der Waals surface area (Å²) in [6.45, 7) is 4.46. The largest absolute Gasteiger partial charge is 0.480 e. The van der Waals surface area contributed by atoms with Gasteiger partial charge in [0.05, 0.1) is 0 Å². The van der Waals surface area contributed by atoms with Crippen molar-refractivity contribution in [3.8, 4) is 0 Å². The number of carbonyl (C=O) groups is 2. The Labute approximate surface area is 113 Å². The van der Waals surface area contributed by atoms with Gasteiger partial charge < -0.3 is 10.0 Å². The predicted molar refractivity (Wildman–Crippen MR) is 71.7 cm³/mol. The lowest BCUT2D eigenvalue weighted by atomic mass is 10.0. The second-order valence-corrected chi connectivity index (χ2v) is 5.48. The number of aliphatic carboxylic acids is 1. The number of carbonyl (C=O) groups excluding carboxylic acids is 1. The molecule has 1 aliphatic carbocycles. The van der Waals surface area contributed by atoms with E-state index in [1.165, 1.54) is 4.90 Å². The van der Waals surface area contributed by atoms with Crippen LogP contribution < -0.4 is 0 Å². The molecule has 2 rings (SSSR count). The Hall–Kier alpha value is -1.84. The van der Waals surface area contributed by atoms with Crippen LogP contribution in [0.1, 0.15) is 29.5 Å². The zero-order valence-corrected chi connectivity index (χ0v) is 11.6. The van der Waals surface area contributed by atoms with Crippen molar-refractivity contribution in [2.24, 2.45) is 5.41 Å². The Morgan fingerprint density at radius 1 is 1.32 bits per heavy atom. The molecule has 0 aromatic heterocycles. The van der Waals surface area contributed by atoms with Gasteiger partial charge in [0.2, 0.25) is 5.91 Å². The standard InChI is InChI=1S/C15H19NO3/c1-10-4-5-11(2)12(8-10)9-16(3)13(17)15(6-7-15)14(18)19/h4-5,8H,6-7,9H2,1-3H3,(H,18,19). The van der Waals surface area contributed by atoms with E-state index in [0.717, 1.165) is 16.7 Å². The summed E-state index contributed by atoms with van der Waals surface area (Å²) >= 11 is 0. The lowest BCUT2D eigenvalue weighted by molar-refractivity contribution is -0.153. The minimum atomic E-state index is -1.15. The lowest BCUT2D eigenvalue weighted by Gasteiger charge is -2.22. The van der Waals surface area contributed by atoms with E-state index >= 15 is 0 Å². The minimum absolute atomic E-state index is 0.277. The third kappa shape index (κ3) is 2.48. The summed E-state index contributed by atoms with van der Waals surface area (Å²) in [6.07, 6.45) is 0.913. The van der Waals surface area contributed by atoms with Gasteiger partial charge in [-0.15, -0.1) is 0 Å². The topological polar surface area (TPSA) is 57.6 Å². The molecule has 1 aromatic rings. The zero-order valence-electron chi connectivity index (χ0n) is 11.6. The van der Waals surface area contributed by atoms with Crippen LogP contribution in [0.3, 0.4) is 0 Å². The summed E-state index contributed by atoms with van der Waals surface area (Å²) in [6, 6.07) is 6.09. The van der Waals surface area contributed by atoms with E-state index < -0.39 is 11.4 Å². The van der Waals surface area contributed by atoms with Crippen molar-refractivity contribution in [3.05, 3.63) is 34.9 Å². The van der Waals surface area contributed by atoms with Gasteiger partial charge in [0.1, 0.15) is 5.41 Å². The van der Waals surface area contributed by atoms with Crippen LogP contribution in [0.4, 0.5) is 0 Å². The van der Waals surface area contributed by atoms with Crippen molar-refractivity contribution in [3.63, 3.8) is 0 Å². The molecule has 0 aliphatic heterocycles. The molecule has 1 amide bonds. The maximum absolute atomic E-state index is 12.2. The highest BCUT2D eigenvalue weighted by Gasteiger charge is 2.58. The van der Waals surface area contributed by atoms with E-state index in [1.807, 2.05) is 32.0 Å². The van der Waals surface area contributed by atoms with Gasteiger partial charge in [-0.2, -0.15) is 0 Å². The molecule has 1 N–H and O–H groups in total. The van der Waals surface area contributed by atoms with Crippen LogP contribution in [0.5, 0.6) is 0 Å². The number of benzene rings is 1. The van der Waals surface area contributed by atoms with Crippen molar-refractivity contribution >= 4 is 11.9 Å². The van der Waals surface area contributed by atoms with Crippen LogP contribution in [0.2, 0.25) is 0 Å². The maximum atomic E-state index is 12.2. The molecule has 0 bridgehead atoms. The van der Waals surface area contributed by atoms with Gasteiger partial charge in [-0.1, -0.05) is 23.8 Å². The SMILES string of the molecule is Cc1ccc(C)c(CN(C)C(=O)C2(C(=O)O)CC2)c1. The molecule has 1 saturated carbocycles. The molecule has 4 nitrogen and oxygen atoms in total. The van der Waals surface area contributed by atoms with Crippen LogP contribution in [0, 0.1) is 19.3 Å². The number of hydrogen-bond donors (Lipinski definition) is 1. The predicted octanol–water partition coefficient (Wildman–Crippen LogP) is 2.13. The van der Waals surface area contributed by atoms with Gasteiger partial charge in [-0.25, -0.2) is 0 Å². The van der Waals surface area contributed by atoms with Gasteiger partial charge in [0.15, 0.2) is 0 Å². The average molecular weight is 261 g/mol. The molecule has 0 atom stereocenters. The Morgan fingerprint density at radius 3 is 2.47 bits per heavy atom. The van der Waals surface area contributed by atoms with Crippen LogP contribution in [0.15, 0.2) is 18.2 Å². The molecular weight excluding hydrogens is 242 g/mol. The second-order valence-electron chi connectivity index (χ2n) is 5.48. The fourth-order valence-corrected chi connectivity index (χ4v) is 2.31. The van der Waals surface area contributed by atoms with E-state index in [-0.39, 0.29) is 5.91 Å². The molecule has 4 heteroatoms. The van der Waals surface area contributed by atoms with Gasteiger partial charge in [0.25, 0.3) is 0 Å². The number of hydrogen-bond acceptors (Lipinski definition) is 2. The second kappa shape index (κ2) is 4.68. The fraction of sp³-hybridized carbons (Fsp3) is 0.467. The number of carboxylic acids is 1. The molecule has 19 heavy (non-hydrogen) atoms. The summed E-state index contributed by atoms with van der Waals surface area (Å²) in [7, 11) is 1.67. The third-order valence-corrected chi connectivity index (χ3v) is 3.83. The number of aryl methyl sites for hydroxylation is 2. The van der Waals surface area contributed by atoms with Crippen LogP contribution in [0.25, 0.3) is 0 Å². The smallest absolute Gasteiger partial charge is 0.319 e. The van der Waals surface area contributed by atoms with Gasteiger partial charge in [-0.3, -0.25) is 9.59 Å². The normalized spacial score (nSPS) is 15.9. The molecule has 0 saturated heterocycles. The average Bonchev–Trinajstić information content (AvgIpc) is 3.14. The molecule has 0 heterocycles. The van der Waals surface area contributed by atoms with Crippen LogP contribution >= 0.6 is 0 Å². The highest BCUT2D eigenvalue weighted by atomic mass is 16.4. The molecule has 1 fully saturated rings. The first-order chi connectivity index (χ1) is 8.86. The number of carboxylic acid groups (broad SMARTS) is 1. The Bertz CT molecular complexity index is 532. The first kappa shape index (κ1) is 13.6. The molecule has 1 aliphatic rings. The van der Waals surface area contributed by atoms with Crippen molar-refractivity contribution in [1.82, 2.24) is 4.90 Å². The lowest BCUT2D eigenvalue weighted by Crippen LogP contribution is -2.38. The number of rotatable bonds is 4. The van der Waals surface area contributed by atoms with Crippen molar-refractivity contribution < 1.29 is 14.7 Å². The molecule has 102 valence electrons. The number of nitrogens with zero attached hydrogens (tertiary/aromatic N) is 1. The monoisotopic (exact) mass is 261 g/mol. The van der Waals surface area contributed by atoms with Crippen molar-refractivity contribution in [2.45, 2.75) is 33.2 Å². The molecule has 1 aromatic carbocycles. The quantitative estimate of drug-likeness (QED) is 0.845. The van der Waals surface area contributed by atoms with E-state index in [2.05, 4.69) is 0 Å². The van der Waals surface area contributed by atoms with E-state index in [1.54, 1.807) is 7.05 Å². The Kier molecular flexibility index (Phi) is 3.35. The Morgan fingerprint density at radius 2 is 1.95 bits per heavy atom. The summed E-state index contributed by atoms with van der Waals surface area (Å²) in [4.78, 5) is 24.9. The summed E-state index contributed by atoms with van der Waals surface area (Å²) in [5.41, 5.74) is 2.18. The van der Waals surface area contributed by atoms with Crippen LogP contribution in [-0.2, 0) is 16.1 Å². The first-order valence-electron chi connectivity index (χ1n) is 6.42. The van der Waals surface area contributed by atoms with Gasteiger partial charge >= 0.3 is 5.97 Å². The third-order valence-electron chi connectivity index (χ3n) is 3.83. The maximum Gasteiger partial charge on any atom is 0.319 e. The van der Waals surface area contributed by atoms with Gasteiger partial charge in [0, 0.05) is 13.6 Å². The zero-order chi connectivity index (χ0) is 14.2. The van der Waals surface area contributed by atoms with Crippen molar-refractivity contribution in [1.29, 1.82) is 0 Å². The minimum Gasteiger partial charge on any atom is -0.480 e. The highest BCUT2D eigenvalue weighted by molar-refractivity contribution is 6.04. The molecule has 0 spiro atoms. The van der Waals surface area contributed by atoms with E-state index in [0.29, 0.717) is 19.4 Å². The first-order valence-corrected chi connectivity index (χ1v) is 6.42. The summed E-state index contributed by atoms with van der Waals surface area (Å²) in [5, 5.41) is 9.14. The van der Waals surface area contributed by atoms with E-state index in [9.17, 15) is 9.59 Å². The molecule has 0 radical (unpaired) electrons. The van der Waals surface area contributed by atoms with Crippen molar-refractivity contribution in [2.75, 3.05) is 7.05 Å². The molecule has 0 unspecified atom stereocenters. The summed E-state index contributed by atoms with van der Waals surface area (Å²) in [5.74, 6) is -1.27. The number of amides is 1. The Balaban J connectivity index is 2.13. The highest BCUT2D eigenvalue weighted by Crippen LogP contribution is 2.47. The molecular formula is C15H19NO3. The van der Waals surface area contributed by atoms with E-state index in [4.69, 9.17) is 5.11 Å². The van der Waals surface area contributed by atoms with Gasteiger partial charge in [-0.05, 0) is 37.8 Å². The summed E-state index contributed by atoms with van der Waals surface area (Å²) < 4.78 is 0. The fourth-order valence-electron chi connectivity index (χ4n) is 2.31.